The largest absolute Gasteiger partial charge is 0.369 e. The molecule has 2 unspecified atom stereocenters. The first-order valence-electron chi connectivity index (χ1n) is 5.17. The van der Waals surface area contributed by atoms with E-state index in [2.05, 4.69) is 10.3 Å². The number of nitrogens with zero attached hydrogens (tertiary/aromatic N) is 2. The van der Waals surface area contributed by atoms with Gasteiger partial charge in [0.15, 0.2) is 0 Å². The minimum absolute atomic E-state index is 0.125. The van der Waals surface area contributed by atoms with E-state index in [0.29, 0.717) is 22.9 Å². The summed E-state index contributed by atoms with van der Waals surface area (Å²) in [5, 5.41) is 12.3. The third-order valence-corrected chi connectivity index (χ3v) is 4.17. The molecule has 0 aliphatic carbocycles. The minimum Gasteiger partial charge on any atom is -0.369 e. The first-order chi connectivity index (χ1) is 8.06. The van der Waals surface area contributed by atoms with E-state index in [9.17, 15) is 4.21 Å². The van der Waals surface area contributed by atoms with Crippen molar-refractivity contribution < 1.29 is 4.21 Å². The van der Waals surface area contributed by atoms with E-state index in [1.165, 1.54) is 6.20 Å². The molecule has 1 heterocycles. The first-order valence-corrected chi connectivity index (χ1v) is 7.17. The van der Waals surface area contributed by atoms with Crippen molar-refractivity contribution >= 4 is 28.2 Å². The maximum atomic E-state index is 11.2. The van der Waals surface area contributed by atoms with Crippen LogP contribution < -0.4 is 5.32 Å². The molecule has 4 nitrogen and oxygen atoms in total. The molecule has 92 valence electrons. The first kappa shape index (κ1) is 13.9. The summed E-state index contributed by atoms with van der Waals surface area (Å²) in [7, 11) is -0.825. The fourth-order valence-corrected chi connectivity index (χ4v) is 1.88. The average Bonchev–Trinajstić information content (AvgIpc) is 2.31. The summed E-state index contributed by atoms with van der Waals surface area (Å²) < 4.78 is 11.2. The SMILES string of the molecule is CC(CCNc1nccc(C#N)c1Cl)S(C)=O. The Morgan fingerprint density at radius 3 is 3.00 bits per heavy atom. The highest BCUT2D eigenvalue weighted by molar-refractivity contribution is 7.84. The molecule has 1 aromatic rings. The Morgan fingerprint density at radius 2 is 2.41 bits per heavy atom. The van der Waals surface area contributed by atoms with Gasteiger partial charge in [-0.2, -0.15) is 5.26 Å². The van der Waals surface area contributed by atoms with Crippen LogP contribution in [0.5, 0.6) is 0 Å². The van der Waals surface area contributed by atoms with E-state index in [1.807, 2.05) is 13.0 Å². The van der Waals surface area contributed by atoms with Gasteiger partial charge in [0.2, 0.25) is 0 Å². The number of hydrogen-bond donors (Lipinski definition) is 1. The molecule has 6 heteroatoms. The van der Waals surface area contributed by atoms with Gasteiger partial charge in [0.05, 0.1) is 5.56 Å². The maximum absolute atomic E-state index is 11.2. The second kappa shape index (κ2) is 6.58. The van der Waals surface area contributed by atoms with Crippen LogP contribution in [-0.2, 0) is 10.8 Å². The lowest BCUT2D eigenvalue weighted by Gasteiger charge is -2.10. The zero-order chi connectivity index (χ0) is 12.8. The van der Waals surface area contributed by atoms with Gasteiger partial charge in [-0.1, -0.05) is 18.5 Å². The Balaban J connectivity index is 2.59. The summed E-state index contributed by atoms with van der Waals surface area (Å²) in [5.41, 5.74) is 0.399. The Morgan fingerprint density at radius 1 is 1.71 bits per heavy atom. The van der Waals surface area contributed by atoms with Crippen molar-refractivity contribution in [2.24, 2.45) is 0 Å². The van der Waals surface area contributed by atoms with Crippen LogP contribution in [0.1, 0.15) is 18.9 Å². The van der Waals surface area contributed by atoms with Crippen LogP contribution in [0, 0.1) is 11.3 Å². The number of nitriles is 1. The molecule has 0 aliphatic heterocycles. The second-order valence-electron chi connectivity index (χ2n) is 3.66. The number of anilines is 1. The van der Waals surface area contributed by atoms with Gasteiger partial charge >= 0.3 is 0 Å². The van der Waals surface area contributed by atoms with E-state index < -0.39 is 10.8 Å². The molecule has 17 heavy (non-hydrogen) atoms. The van der Waals surface area contributed by atoms with Crippen molar-refractivity contribution in [2.45, 2.75) is 18.6 Å². The molecule has 1 N–H and O–H groups in total. The molecular weight excluding hydrogens is 258 g/mol. The van der Waals surface area contributed by atoms with Crippen molar-refractivity contribution in [3.05, 3.63) is 22.8 Å². The molecule has 0 fully saturated rings. The van der Waals surface area contributed by atoms with Crippen LogP contribution in [0.3, 0.4) is 0 Å². The van der Waals surface area contributed by atoms with Crippen molar-refractivity contribution in [3.63, 3.8) is 0 Å². The Kier molecular flexibility index (Phi) is 5.39. The van der Waals surface area contributed by atoms with Gasteiger partial charge in [-0.05, 0) is 12.5 Å². The molecule has 0 aliphatic rings. The third-order valence-electron chi connectivity index (χ3n) is 2.42. The Hall–Kier alpha value is -1.12. The lowest BCUT2D eigenvalue weighted by Crippen LogP contribution is -2.15. The fraction of sp³-hybridized carbons (Fsp3) is 0.455. The van der Waals surface area contributed by atoms with E-state index in [0.717, 1.165) is 6.42 Å². The smallest absolute Gasteiger partial charge is 0.146 e. The molecule has 0 spiro atoms. The summed E-state index contributed by atoms with van der Waals surface area (Å²) in [6.07, 6.45) is 3.98. The lowest BCUT2D eigenvalue weighted by atomic mass is 10.3. The van der Waals surface area contributed by atoms with Gasteiger partial charge in [0.25, 0.3) is 0 Å². The lowest BCUT2D eigenvalue weighted by molar-refractivity contribution is 0.672. The van der Waals surface area contributed by atoms with E-state index in [4.69, 9.17) is 16.9 Å². The highest BCUT2D eigenvalue weighted by Gasteiger charge is 2.08. The molecule has 0 saturated carbocycles. The molecule has 0 saturated heterocycles. The van der Waals surface area contributed by atoms with Crippen LogP contribution >= 0.6 is 11.6 Å². The van der Waals surface area contributed by atoms with Crippen molar-refractivity contribution in [1.29, 1.82) is 5.26 Å². The summed E-state index contributed by atoms with van der Waals surface area (Å²) in [5.74, 6) is 0.500. The zero-order valence-electron chi connectivity index (χ0n) is 9.74. The number of nitrogens with one attached hydrogen (secondary N) is 1. The van der Waals surface area contributed by atoms with Gasteiger partial charge in [0, 0.05) is 35.0 Å². The quantitative estimate of drug-likeness (QED) is 0.891. The highest BCUT2D eigenvalue weighted by Crippen LogP contribution is 2.22. The molecule has 0 radical (unpaired) electrons. The molecule has 2 atom stereocenters. The van der Waals surface area contributed by atoms with Crippen LogP contribution in [0.25, 0.3) is 0 Å². The van der Waals surface area contributed by atoms with E-state index >= 15 is 0 Å². The van der Waals surface area contributed by atoms with Gasteiger partial charge in [-0.3, -0.25) is 4.21 Å². The molecule has 1 rings (SSSR count). The third kappa shape index (κ3) is 3.99. The molecule has 0 aromatic carbocycles. The Bertz CT molecular complexity index is 459. The molecular formula is C11H14ClN3OS. The summed E-state index contributed by atoms with van der Waals surface area (Å²) in [4.78, 5) is 4.06. The van der Waals surface area contributed by atoms with Gasteiger partial charge < -0.3 is 5.32 Å². The molecule has 1 aromatic heterocycles. The van der Waals surface area contributed by atoms with Gasteiger partial charge in [-0.15, -0.1) is 0 Å². The number of rotatable bonds is 5. The normalized spacial score (nSPS) is 13.8. The molecule has 0 amide bonds. The number of hydrogen-bond acceptors (Lipinski definition) is 4. The van der Waals surface area contributed by atoms with Crippen LogP contribution in [0.4, 0.5) is 5.82 Å². The molecule has 0 bridgehead atoms. The summed E-state index contributed by atoms with van der Waals surface area (Å²) >= 11 is 5.98. The van der Waals surface area contributed by atoms with Crippen LogP contribution in [-0.4, -0.2) is 27.2 Å². The fourth-order valence-electron chi connectivity index (χ4n) is 1.21. The predicted molar refractivity (Wildman–Crippen MR) is 70.6 cm³/mol. The van der Waals surface area contributed by atoms with Crippen molar-refractivity contribution in [1.82, 2.24) is 4.98 Å². The number of halogens is 1. The topological polar surface area (TPSA) is 65.8 Å². The van der Waals surface area contributed by atoms with Crippen molar-refractivity contribution in [3.8, 4) is 6.07 Å². The number of pyridine rings is 1. The maximum Gasteiger partial charge on any atom is 0.146 e. The average molecular weight is 272 g/mol. The van der Waals surface area contributed by atoms with Crippen molar-refractivity contribution in [2.75, 3.05) is 18.1 Å². The predicted octanol–water partition coefficient (Wildman–Crippen LogP) is 2.18. The van der Waals surface area contributed by atoms with Gasteiger partial charge in [0.1, 0.15) is 16.9 Å². The van der Waals surface area contributed by atoms with E-state index in [1.54, 1.807) is 12.3 Å². The van der Waals surface area contributed by atoms with Crippen LogP contribution in [0.15, 0.2) is 12.3 Å². The summed E-state index contributed by atoms with van der Waals surface area (Å²) in [6, 6.07) is 3.56. The standard InChI is InChI=1S/C11H14ClN3OS/c1-8(17(2)16)3-5-14-11-10(12)9(7-13)4-6-15-11/h4,6,8H,3,5H2,1-2H3,(H,14,15). The Labute approximate surface area is 108 Å². The number of aromatic nitrogens is 1. The monoisotopic (exact) mass is 271 g/mol. The highest BCUT2D eigenvalue weighted by atomic mass is 35.5. The van der Waals surface area contributed by atoms with Crippen LogP contribution in [0.2, 0.25) is 5.02 Å². The zero-order valence-corrected chi connectivity index (χ0v) is 11.3. The second-order valence-corrected chi connectivity index (χ2v) is 5.84. The van der Waals surface area contributed by atoms with E-state index in [-0.39, 0.29) is 5.25 Å². The minimum atomic E-state index is -0.825. The van der Waals surface area contributed by atoms with Gasteiger partial charge in [-0.25, -0.2) is 4.98 Å². The summed E-state index contributed by atoms with van der Waals surface area (Å²) in [6.45, 7) is 2.56.